The van der Waals surface area contributed by atoms with Gasteiger partial charge in [-0.3, -0.25) is 9.59 Å². The molecule has 1 fully saturated rings. The van der Waals surface area contributed by atoms with Gasteiger partial charge in [0.25, 0.3) is 0 Å². The van der Waals surface area contributed by atoms with Crippen LogP contribution in [0.1, 0.15) is 61.6 Å². The summed E-state index contributed by atoms with van der Waals surface area (Å²) >= 11 is 0. The van der Waals surface area contributed by atoms with Crippen LogP contribution < -0.4 is 10.6 Å². The second-order valence-electron chi connectivity index (χ2n) is 10.4. The van der Waals surface area contributed by atoms with Crippen LogP contribution in [-0.2, 0) is 9.59 Å². The lowest BCUT2D eigenvalue weighted by atomic mass is 9.89. The molecule has 1 saturated heterocycles. The lowest BCUT2D eigenvalue weighted by molar-refractivity contribution is -0.121. The number of piperidine rings is 1. The van der Waals surface area contributed by atoms with Crippen molar-refractivity contribution >= 4 is 17.5 Å². The maximum atomic E-state index is 13.2. The fraction of sp³-hybridized carbons (Fsp3) is 0.375. The van der Waals surface area contributed by atoms with Crippen molar-refractivity contribution < 1.29 is 14.7 Å². The number of phenolic OH excluding ortho intramolecular Hbond substituents is 1. The van der Waals surface area contributed by atoms with E-state index in [-0.39, 0.29) is 29.4 Å². The molecule has 0 atom stereocenters. The summed E-state index contributed by atoms with van der Waals surface area (Å²) in [7, 11) is 0. The minimum absolute atomic E-state index is 0.0359. The van der Waals surface area contributed by atoms with E-state index in [0.717, 1.165) is 55.6 Å². The first-order chi connectivity index (χ1) is 18.4. The van der Waals surface area contributed by atoms with Gasteiger partial charge >= 0.3 is 0 Å². The number of hydrogen-bond acceptors (Lipinski definition) is 4. The molecule has 1 aliphatic heterocycles. The van der Waals surface area contributed by atoms with Crippen LogP contribution in [0.5, 0.6) is 5.75 Å². The van der Waals surface area contributed by atoms with Crippen LogP contribution in [0.2, 0.25) is 0 Å². The van der Waals surface area contributed by atoms with E-state index in [0.29, 0.717) is 18.2 Å². The number of anilines is 1. The Morgan fingerprint density at radius 3 is 2.08 bits per heavy atom. The maximum absolute atomic E-state index is 13.2. The van der Waals surface area contributed by atoms with Crippen molar-refractivity contribution in [1.29, 1.82) is 0 Å². The number of phenols is 1. The van der Waals surface area contributed by atoms with Crippen LogP contribution in [0.15, 0.2) is 78.9 Å². The molecule has 0 spiro atoms. The zero-order valence-electron chi connectivity index (χ0n) is 22.4. The minimum Gasteiger partial charge on any atom is -0.506 e. The predicted octanol–water partition coefficient (Wildman–Crippen LogP) is 5.50. The molecule has 0 aromatic heterocycles. The largest absolute Gasteiger partial charge is 0.506 e. The standard InChI is InChI=1S/C32H39N3O3/c1-23(2)31(37)34-28-22-27(14-15-29(28)36)24-16-20-35(21-17-24)19-9-18-33-32(38)30(25-10-5-3-6-11-25)26-12-7-4-8-13-26/h3-8,10-15,22-24,30,36H,9,16-21H2,1-2H3,(H,33,38)(H,34,37). The SMILES string of the molecule is CC(C)C(=O)Nc1cc(C2CCN(CCCNC(=O)C(c3ccccc3)c3ccccc3)CC2)ccc1O. The van der Waals surface area contributed by atoms with Crippen molar-refractivity contribution in [2.75, 3.05) is 31.5 Å². The fourth-order valence-electron chi connectivity index (χ4n) is 5.08. The number of carbonyl (C=O) groups is 2. The Bertz CT molecular complexity index is 1150. The van der Waals surface area contributed by atoms with Crippen molar-refractivity contribution in [1.82, 2.24) is 10.2 Å². The highest BCUT2D eigenvalue weighted by Gasteiger charge is 2.24. The van der Waals surface area contributed by atoms with E-state index in [2.05, 4.69) is 15.5 Å². The molecule has 1 heterocycles. The van der Waals surface area contributed by atoms with Gasteiger partial charge in [-0.1, -0.05) is 80.6 Å². The van der Waals surface area contributed by atoms with Crippen LogP contribution in [0.3, 0.4) is 0 Å². The van der Waals surface area contributed by atoms with Gasteiger partial charge in [0, 0.05) is 12.5 Å². The summed E-state index contributed by atoms with van der Waals surface area (Å²) in [5, 5.41) is 16.2. The molecule has 6 heteroatoms. The Kier molecular flexibility index (Phi) is 9.55. The first-order valence-electron chi connectivity index (χ1n) is 13.7. The van der Waals surface area contributed by atoms with Gasteiger partial charge in [0.2, 0.25) is 11.8 Å². The highest BCUT2D eigenvalue weighted by molar-refractivity contribution is 5.93. The lowest BCUT2D eigenvalue weighted by Crippen LogP contribution is -2.36. The van der Waals surface area contributed by atoms with E-state index >= 15 is 0 Å². The maximum Gasteiger partial charge on any atom is 0.232 e. The predicted molar refractivity (Wildman–Crippen MR) is 152 cm³/mol. The second-order valence-corrected chi connectivity index (χ2v) is 10.4. The number of nitrogens with one attached hydrogen (secondary N) is 2. The Hall–Kier alpha value is -3.64. The molecule has 4 rings (SSSR count). The fourth-order valence-corrected chi connectivity index (χ4v) is 5.08. The number of nitrogens with zero attached hydrogens (tertiary/aromatic N) is 1. The van der Waals surface area contributed by atoms with Gasteiger partial charge in [0.05, 0.1) is 11.6 Å². The lowest BCUT2D eigenvalue weighted by Gasteiger charge is -2.32. The monoisotopic (exact) mass is 513 g/mol. The average molecular weight is 514 g/mol. The number of amides is 2. The van der Waals surface area contributed by atoms with E-state index in [1.165, 1.54) is 0 Å². The molecule has 0 radical (unpaired) electrons. The highest BCUT2D eigenvalue weighted by atomic mass is 16.3. The molecule has 2 amide bonds. The van der Waals surface area contributed by atoms with Gasteiger partial charge < -0.3 is 20.6 Å². The third-order valence-corrected chi connectivity index (χ3v) is 7.34. The highest BCUT2D eigenvalue weighted by Crippen LogP contribution is 2.33. The van der Waals surface area contributed by atoms with Crippen molar-refractivity contribution in [3.05, 3.63) is 95.6 Å². The van der Waals surface area contributed by atoms with Crippen LogP contribution in [0.4, 0.5) is 5.69 Å². The molecule has 0 saturated carbocycles. The summed E-state index contributed by atoms with van der Waals surface area (Å²) in [5.41, 5.74) is 3.64. The molecule has 3 N–H and O–H groups in total. The third-order valence-electron chi connectivity index (χ3n) is 7.34. The summed E-state index contributed by atoms with van der Waals surface area (Å²) in [6.07, 6.45) is 2.95. The molecule has 0 bridgehead atoms. The van der Waals surface area contributed by atoms with E-state index in [1.54, 1.807) is 6.07 Å². The topological polar surface area (TPSA) is 81.7 Å². The number of benzene rings is 3. The molecule has 0 aliphatic carbocycles. The van der Waals surface area contributed by atoms with Crippen molar-refractivity contribution in [3.63, 3.8) is 0 Å². The number of carbonyl (C=O) groups excluding carboxylic acids is 2. The molecule has 38 heavy (non-hydrogen) atoms. The van der Waals surface area contributed by atoms with Crippen molar-refractivity contribution in [2.24, 2.45) is 5.92 Å². The first kappa shape index (κ1) is 27.4. The van der Waals surface area contributed by atoms with E-state index < -0.39 is 0 Å². The Morgan fingerprint density at radius 1 is 0.895 bits per heavy atom. The van der Waals surface area contributed by atoms with Crippen LogP contribution in [-0.4, -0.2) is 48.0 Å². The summed E-state index contributed by atoms with van der Waals surface area (Å²) in [6.45, 7) is 7.24. The third kappa shape index (κ3) is 7.23. The quantitative estimate of drug-likeness (QED) is 0.247. The normalized spacial score (nSPS) is 14.5. The van der Waals surface area contributed by atoms with Gasteiger partial charge in [-0.2, -0.15) is 0 Å². The number of rotatable bonds is 10. The molecule has 3 aromatic carbocycles. The Balaban J connectivity index is 1.25. The number of likely N-dealkylation sites (tertiary alicyclic amines) is 1. The van der Waals surface area contributed by atoms with Crippen molar-refractivity contribution in [3.8, 4) is 5.75 Å². The Morgan fingerprint density at radius 2 is 1.50 bits per heavy atom. The average Bonchev–Trinajstić information content (AvgIpc) is 2.94. The minimum atomic E-state index is -0.311. The summed E-state index contributed by atoms with van der Waals surface area (Å²) in [6, 6.07) is 25.4. The van der Waals surface area contributed by atoms with Crippen molar-refractivity contribution in [2.45, 2.75) is 44.9 Å². The zero-order chi connectivity index (χ0) is 26.9. The van der Waals surface area contributed by atoms with Crippen LogP contribution in [0, 0.1) is 5.92 Å². The van der Waals surface area contributed by atoms with Gasteiger partial charge in [-0.15, -0.1) is 0 Å². The Labute approximate surface area is 226 Å². The smallest absolute Gasteiger partial charge is 0.232 e. The zero-order valence-corrected chi connectivity index (χ0v) is 22.4. The number of hydrogen-bond donors (Lipinski definition) is 3. The van der Waals surface area contributed by atoms with E-state index in [1.807, 2.05) is 86.6 Å². The molecule has 0 unspecified atom stereocenters. The molecule has 6 nitrogen and oxygen atoms in total. The first-order valence-corrected chi connectivity index (χ1v) is 13.7. The van der Waals surface area contributed by atoms with E-state index in [4.69, 9.17) is 0 Å². The van der Waals surface area contributed by atoms with Crippen LogP contribution in [0.25, 0.3) is 0 Å². The van der Waals surface area contributed by atoms with Gasteiger partial charge in [-0.05, 0) is 73.6 Å². The molecular weight excluding hydrogens is 474 g/mol. The van der Waals surface area contributed by atoms with Crippen LogP contribution >= 0.6 is 0 Å². The van der Waals surface area contributed by atoms with E-state index in [9.17, 15) is 14.7 Å². The molecular formula is C32H39N3O3. The summed E-state index contributed by atoms with van der Waals surface area (Å²) < 4.78 is 0. The molecule has 200 valence electrons. The summed E-state index contributed by atoms with van der Waals surface area (Å²) in [4.78, 5) is 27.7. The molecule has 3 aromatic rings. The second kappa shape index (κ2) is 13.2. The van der Waals surface area contributed by atoms with Gasteiger partial charge in [0.15, 0.2) is 0 Å². The summed E-state index contributed by atoms with van der Waals surface area (Å²) in [5.74, 6) is -0.0166. The molecule has 1 aliphatic rings. The van der Waals surface area contributed by atoms with Gasteiger partial charge in [-0.25, -0.2) is 0 Å². The van der Waals surface area contributed by atoms with Gasteiger partial charge in [0.1, 0.15) is 5.75 Å². The number of aromatic hydroxyl groups is 1.